The molecule has 0 fully saturated rings. The van der Waals surface area contributed by atoms with Gasteiger partial charge >= 0.3 is 6.18 Å². The molecule has 112 valence electrons. The number of hydrogen-bond donors (Lipinski definition) is 2. The number of aryl methyl sites for hydroxylation is 1. The second-order valence-corrected chi connectivity index (χ2v) is 4.63. The van der Waals surface area contributed by atoms with Crippen molar-refractivity contribution in [2.75, 3.05) is 18.9 Å². The summed E-state index contributed by atoms with van der Waals surface area (Å²) in [6.45, 7) is 2.16. The number of unbranched alkanes of at least 4 members (excludes halogenated alkanes) is 1. The number of halogens is 3. The summed E-state index contributed by atoms with van der Waals surface area (Å²) < 4.78 is 35.8. The summed E-state index contributed by atoms with van der Waals surface area (Å²) in [5.74, 6) is -0.277. The topological polar surface area (TPSA) is 41.1 Å². The molecule has 1 rings (SSSR count). The molecule has 0 aliphatic heterocycles. The highest BCUT2D eigenvalue weighted by Crippen LogP contribution is 2.22. The highest BCUT2D eigenvalue weighted by atomic mass is 19.4. The standard InChI is InChI=1S/C14H19F3N2O/c1-10-5-6-11(12(9-10)18-2)13(20)19-8-4-3-7-14(15,16)17/h5-6,9,18H,3-4,7-8H2,1-2H3,(H,19,20). The Morgan fingerprint density at radius 1 is 1.25 bits per heavy atom. The van der Waals surface area contributed by atoms with Crippen molar-refractivity contribution in [3.05, 3.63) is 29.3 Å². The second-order valence-electron chi connectivity index (χ2n) is 4.63. The molecule has 0 bridgehead atoms. The minimum atomic E-state index is -4.12. The first kappa shape index (κ1) is 16.3. The summed E-state index contributed by atoms with van der Waals surface area (Å²) in [5, 5.41) is 5.56. The van der Waals surface area contributed by atoms with E-state index < -0.39 is 12.6 Å². The summed E-state index contributed by atoms with van der Waals surface area (Å²) >= 11 is 0. The van der Waals surface area contributed by atoms with Crippen molar-refractivity contribution in [3.8, 4) is 0 Å². The average molecular weight is 288 g/mol. The van der Waals surface area contributed by atoms with Gasteiger partial charge in [0.25, 0.3) is 5.91 Å². The molecule has 2 N–H and O–H groups in total. The number of nitrogens with one attached hydrogen (secondary N) is 2. The van der Waals surface area contributed by atoms with E-state index in [-0.39, 0.29) is 18.9 Å². The van der Waals surface area contributed by atoms with E-state index in [0.29, 0.717) is 17.7 Å². The van der Waals surface area contributed by atoms with Gasteiger partial charge in [0.05, 0.1) is 5.56 Å². The molecule has 20 heavy (non-hydrogen) atoms. The number of carbonyl (C=O) groups excluding carboxylic acids is 1. The molecule has 0 saturated heterocycles. The predicted molar refractivity (Wildman–Crippen MR) is 73.0 cm³/mol. The number of hydrogen-bond acceptors (Lipinski definition) is 2. The maximum Gasteiger partial charge on any atom is 0.389 e. The van der Waals surface area contributed by atoms with Crippen molar-refractivity contribution in [3.63, 3.8) is 0 Å². The fraction of sp³-hybridized carbons (Fsp3) is 0.500. The Balaban J connectivity index is 2.44. The lowest BCUT2D eigenvalue weighted by molar-refractivity contribution is -0.135. The molecule has 0 aromatic heterocycles. The predicted octanol–water partition coefficient (Wildman–Crippen LogP) is 3.50. The molecule has 0 aliphatic rings. The Morgan fingerprint density at radius 3 is 2.55 bits per heavy atom. The number of carbonyl (C=O) groups is 1. The maximum atomic E-state index is 11.9. The van der Waals surface area contributed by atoms with Crippen LogP contribution in [0.4, 0.5) is 18.9 Å². The number of alkyl halides is 3. The molecule has 0 unspecified atom stereocenters. The Kier molecular flexibility index (Phi) is 5.85. The first-order chi connectivity index (χ1) is 9.33. The highest BCUT2D eigenvalue weighted by molar-refractivity contribution is 5.99. The van der Waals surface area contributed by atoms with Gasteiger partial charge < -0.3 is 10.6 Å². The Morgan fingerprint density at radius 2 is 1.95 bits per heavy atom. The first-order valence-electron chi connectivity index (χ1n) is 6.47. The number of amides is 1. The SMILES string of the molecule is CNc1cc(C)ccc1C(=O)NCCCCC(F)(F)F. The second kappa shape index (κ2) is 7.17. The van der Waals surface area contributed by atoms with Gasteiger partial charge in [0.2, 0.25) is 0 Å². The Labute approximate surface area is 116 Å². The van der Waals surface area contributed by atoms with E-state index in [1.165, 1.54) is 0 Å². The Hall–Kier alpha value is -1.72. The summed E-state index contributed by atoms with van der Waals surface area (Å²) in [7, 11) is 1.72. The lowest BCUT2D eigenvalue weighted by atomic mass is 10.1. The zero-order valence-electron chi connectivity index (χ0n) is 11.6. The van der Waals surface area contributed by atoms with Crippen molar-refractivity contribution in [2.45, 2.75) is 32.4 Å². The molecule has 0 heterocycles. The summed E-state index contributed by atoms with van der Waals surface area (Å²) in [6, 6.07) is 5.37. The van der Waals surface area contributed by atoms with Gasteiger partial charge in [-0.25, -0.2) is 0 Å². The van der Waals surface area contributed by atoms with Crippen LogP contribution in [0.3, 0.4) is 0 Å². The van der Waals surface area contributed by atoms with Crippen molar-refractivity contribution in [1.29, 1.82) is 0 Å². The van der Waals surface area contributed by atoms with Gasteiger partial charge in [-0.1, -0.05) is 6.07 Å². The van der Waals surface area contributed by atoms with Crippen LogP contribution >= 0.6 is 0 Å². The molecule has 0 aliphatic carbocycles. The van der Waals surface area contributed by atoms with Crippen LogP contribution in [-0.2, 0) is 0 Å². The van der Waals surface area contributed by atoms with Gasteiger partial charge in [0.1, 0.15) is 0 Å². The van der Waals surface area contributed by atoms with Gasteiger partial charge in [-0.2, -0.15) is 13.2 Å². The summed E-state index contributed by atoms with van der Waals surface area (Å²) in [5.41, 5.74) is 2.22. The van der Waals surface area contributed by atoms with Crippen molar-refractivity contribution < 1.29 is 18.0 Å². The van der Waals surface area contributed by atoms with Gasteiger partial charge in [-0.3, -0.25) is 4.79 Å². The van der Waals surface area contributed by atoms with E-state index in [1.54, 1.807) is 13.1 Å². The van der Waals surface area contributed by atoms with E-state index in [1.807, 2.05) is 19.1 Å². The quantitative estimate of drug-likeness (QED) is 0.787. The third-order valence-electron chi connectivity index (χ3n) is 2.86. The number of rotatable bonds is 6. The van der Waals surface area contributed by atoms with Crippen molar-refractivity contribution in [2.24, 2.45) is 0 Å². The van der Waals surface area contributed by atoms with Crippen LogP contribution in [0, 0.1) is 6.92 Å². The fourth-order valence-electron chi connectivity index (χ4n) is 1.81. The molecule has 3 nitrogen and oxygen atoms in total. The molecule has 1 amide bonds. The zero-order chi connectivity index (χ0) is 15.2. The van der Waals surface area contributed by atoms with Gasteiger partial charge in [0, 0.05) is 25.7 Å². The zero-order valence-corrected chi connectivity index (χ0v) is 11.6. The summed E-state index contributed by atoms with van der Waals surface area (Å²) in [4.78, 5) is 11.9. The third kappa shape index (κ3) is 5.50. The van der Waals surface area contributed by atoms with Gasteiger partial charge in [-0.15, -0.1) is 0 Å². The highest BCUT2D eigenvalue weighted by Gasteiger charge is 2.25. The normalized spacial score (nSPS) is 11.2. The number of anilines is 1. The molecule has 0 atom stereocenters. The lowest BCUT2D eigenvalue weighted by Crippen LogP contribution is -2.25. The third-order valence-corrected chi connectivity index (χ3v) is 2.86. The van der Waals surface area contributed by atoms with E-state index in [0.717, 1.165) is 5.56 Å². The van der Waals surface area contributed by atoms with Crippen LogP contribution in [0.15, 0.2) is 18.2 Å². The van der Waals surface area contributed by atoms with E-state index in [4.69, 9.17) is 0 Å². The molecule has 0 saturated carbocycles. The molecular formula is C14H19F3N2O. The molecule has 6 heteroatoms. The average Bonchev–Trinajstić information content (AvgIpc) is 2.36. The minimum Gasteiger partial charge on any atom is -0.387 e. The van der Waals surface area contributed by atoms with Crippen molar-refractivity contribution in [1.82, 2.24) is 5.32 Å². The molecule has 0 spiro atoms. The first-order valence-corrected chi connectivity index (χ1v) is 6.47. The molecule has 1 aromatic carbocycles. The van der Waals surface area contributed by atoms with Gasteiger partial charge in [-0.05, 0) is 37.5 Å². The largest absolute Gasteiger partial charge is 0.389 e. The van der Waals surface area contributed by atoms with Crippen LogP contribution in [0.25, 0.3) is 0 Å². The molecule has 0 radical (unpaired) electrons. The Bertz CT molecular complexity index is 458. The van der Waals surface area contributed by atoms with Crippen molar-refractivity contribution >= 4 is 11.6 Å². The van der Waals surface area contributed by atoms with Crippen LogP contribution < -0.4 is 10.6 Å². The van der Waals surface area contributed by atoms with E-state index in [2.05, 4.69) is 10.6 Å². The monoisotopic (exact) mass is 288 g/mol. The van der Waals surface area contributed by atoms with Crippen LogP contribution in [0.1, 0.15) is 35.2 Å². The maximum absolute atomic E-state index is 11.9. The smallest absolute Gasteiger partial charge is 0.387 e. The fourth-order valence-corrected chi connectivity index (χ4v) is 1.81. The van der Waals surface area contributed by atoms with Crippen LogP contribution in [-0.4, -0.2) is 25.7 Å². The minimum absolute atomic E-state index is 0.0244. The van der Waals surface area contributed by atoms with E-state index >= 15 is 0 Å². The van der Waals surface area contributed by atoms with Crippen LogP contribution in [0.5, 0.6) is 0 Å². The molecule has 1 aromatic rings. The van der Waals surface area contributed by atoms with Crippen LogP contribution in [0.2, 0.25) is 0 Å². The van der Waals surface area contributed by atoms with E-state index in [9.17, 15) is 18.0 Å². The van der Waals surface area contributed by atoms with Gasteiger partial charge in [0.15, 0.2) is 0 Å². The number of benzene rings is 1. The summed E-state index contributed by atoms with van der Waals surface area (Å²) in [6.07, 6.45) is -4.60. The lowest BCUT2D eigenvalue weighted by Gasteiger charge is -2.11. The molecular weight excluding hydrogens is 269 g/mol.